The number of hydrogen-bond donors (Lipinski definition) is 1. The number of nitrogens with zero attached hydrogens (tertiary/aromatic N) is 1. The van der Waals surface area contributed by atoms with Crippen LogP contribution in [0.25, 0.3) is 0 Å². The van der Waals surface area contributed by atoms with Crippen molar-refractivity contribution in [3.63, 3.8) is 0 Å². The average molecular weight is 252 g/mol. The van der Waals surface area contributed by atoms with E-state index < -0.39 is 0 Å². The second-order valence-electron chi connectivity index (χ2n) is 6.71. The minimum Gasteiger partial charge on any atom is -0.350 e. The van der Waals surface area contributed by atoms with Gasteiger partial charge in [-0.25, -0.2) is 0 Å². The third-order valence-electron chi connectivity index (χ3n) is 4.06. The van der Waals surface area contributed by atoms with Gasteiger partial charge >= 0.3 is 0 Å². The first-order chi connectivity index (χ1) is 8.29. The van der Waals surface area contributed by atoms with Crippen LogP contribution in [0.4, 0.5) is 0 Å². The van der Waals surface area contributed by atoms with Gasteiger partial charge in [-0.3, -0.25) is 9.59 Å². The summed E-state index contributed by atoms with van der Waals surface area (Å²) in [6.07, 6.45) is 3.44. The summed E-state index contributed by atoms with van der Waals surface area (Å²) >= 11 is 0. The molecule has 0 radical (unpaired) electrons. The lowest BCUT2D eigenvalue weighted by Crippen LogP contribution is -2.52. The van der Waals surface area contributed by atoms with E-state index in [4.69, 9.17) is 0 Å². The highest BCUT2D eigenvalue weighted by atomic mass is 16.2. The van der Waals surface area contributed by atoms with Gasteiger partial charge in [-0.2, -0.15) is 0 Å². The van der Waals surface area contributed by atoms with E-state index in [1.165, 1.54) is 6.42 Å². The molecule has 3 atom stereocenters. The molecule has 1 aliphatic carbocycles. The molecule has 1 aliphatic heterocycles. The predicted molar refractivity (Wildman–Crippen MR) is 69.9 cm³/mol. The molecular weight excluding hydrogens is 228 g/mol. The van der Waals surface area contributed by atoms with Crippen LogP contribution in [0.2, 0.25) is 0 Å². The second-order valence-corrected chi connectivity index (χ2v) is 6.71. The Morgan fingerprint density at radius 1 is 1.22 bits per heavy atom. The van der Waals surface area contributed by atoms with Gasteiger partial charge in [0.1, 0.15) is 6.04 Å². The van der Waals surface area contributed by atoms with Crippen LogP contribution in [0, 0.1) is 11.8 Å². The minimum absolute atomic E-state index is 0.0205. The molecule has 1 heterocycles. The largest absolute Gasteiger partial charge is 0.350 e. The molecule has 2 aliphatic rings. The summed E-state index contributed by atoms with van der Waals surface area (Å²) in [6, 6.07) is -0.241. The summed E-state index contributed by atoms with van der Waals surface area (Å²) in [4.78, 5) is 25.9. The Morgan fingerprint density at radius 3 is 2.44 bits per heavy atom. The smallest absolute Gasteiger partial charge is 0.243 e. The monoisotopic (exact) mass is 252 g/mol. The molecule has 102 valence electrons. The number of likely N-dealkylation sites (tertiary alicyclic amines) is 1. The summed E-state index contributed by atoms with van der Waals surface area (Å²) in [5, 5.41) is 3.03. The quantitative estimate of drug-likeness (QED) is 0.769. The summed E-state index contributed by atoms with van der Waals surface area (Å²) < 4.78 is 0. The van der Waals surface area contributed by atoms with Crippen LogP contribution in [0.5, 0.6) is 0 Å². The van der Waals surface area contributed by atoms with Gasteiger partial charge < -0.3 is 10.2 Å². The van der Waals surface area contributed by atoms with Crippen molar-refractivity contribution in [2.75, 3.05) is 6.54 Å². The maximum atomic E-state index is 12.4. The van der Waals surface area contributed by atoms with Gasteiger partial charge in [0.2, 0.25) is 11.8 Å². The van der Waals surface area contributed by atoms with Gasteiger partial charge in [0.05, 0.1) is 0 Å². The van der Waals surface area contributed by atoms with Crippen molar-refractivity contribution < 1.29 is 9.59 Å². The number of carbonyl (C=O) groups excluding carboxylic acids is 2. The molecule has 0 aromatic heterocycles. The fraction of sp³-hybridized carbons (Fsp3) is 0.857. The Kier molecular flexibility index (Phi) is 3.39. The fourth-order valence-corrected chi connectivity index (χ4v) is 3.41. The Balaban J connectivity index is 2.16. The van der Waals surface area contributed by atoms with Gasteiger partial charge in [-0.1, -0.05) is 6.42 Å². The molecule has 3 unspecified atom stereocenters. The lowest BCUT2D eigenvalue weighted by molar-refractivity contribution is -0.138. The molecule has 0 aromatic carbocycles. The Hall–Kier alpha value is -1.06. The molecular formula is C14H24N2O2. The number of fused-ring (bicyclic) bond motifs is 1. The molecule has 2 amide bonds. The molecule has 1 N–H and O–H groups in total. The van der Waals surface area contributed by atoms with Crippen LogP contribution in [-0.2, 0) is 9.59 Å². The van der Waals surface area contributed by atoms with E-state index in [1.807, 2.05) is 20.8 Å². The molecule has 2 fully saturated rings. The van der Waals surface area contributed by atoms with Crippen molar-refractivity contribution in [3.8, 4) is 0 Å². The third-order valence-corrected chi connectivity index (χ3v) is 4.06. The molecule has 1 saturated heterocycles. The van der Waals surface area contributed by atoms with E-state index in [9.17, 15) is 9.59 Å². The third kappa shape index (κ3) is 2.52. The first-order valence-electron chi connectivity index (χ1n) is 6.89. The Bertz CT molecular complexity index is 359. The number of rotatable bonds is 1. The topological polar surface area (TPSA) is 49.4 Å². The maximum absolute atomic E-state index is 12.4. The van der Waals surface area contributed by atoms with Crippen molar-refractivity contribution >= 4 is 11.8 Å². The first kappa shape index (κ1) is 13.4. The van der Waals surface area contributed by atoms with E-state index in [2.05, 4.69) is 5.32 Å². The normalized spacial score (nSPS) is 31.3. The SMILES string of the molecule is CC(=O)N1CC2CCCC2C1C(=O)NC(C)(C)C. The van der Waals surface area contributed by atoms with Crippen LogP contribution in [0.1, 0.15) is 47.0 Å². The molecule has 4 nitrogen and oxygen atoms in total. The van der Waals surface area contributed by atoms with E-state index >= 15 is 0 Å². The van der Waals surface area contributed by atoms with Crippen molar-refractivity contribution in [2.45, 2.75) is 58.5 Å². The highest BCUT2D eigenvalue weighted by Crippen LogP contribution is 2.42. The van der Waals surface area contributed by atoms with Gasteiger partial charge in [0.25, 0.3) is 0 Å². The van der Waals surface area contributed by atoms with E-state index in [-0.39, 0.29) is 23.4 Å². The Labute approximate surface area is 109 Å². The van der Waals surface area contributed by atoms with E-state index in [0.29, 0.717) is 11.8 Å². The molecule has 0 spiro atoms. The molecule has 0 bridgehead atoms. The van der Waals surface area contributed by atoms with Gasteiger partial charge in [0.15, 0.2) is 0 Å². The number of carbonyl (C=O) groups is 2. The zero-order valence-electron chi connectivity index (χ0n) is 11.8. The number of amides is 2. The minimum atomic E-state index is -0.241. The second kappa shape index (κ2) is 4.56. The standard InChI is InChI=1S/C14H24N2O2/c1-9(17)16-8-10-6-5-7-11(10)12(16)13(18)15-14(2,3)4/h10-12H,5-8H2,1-4H3,(H,15,18). The van der Waals surface area contributed by atoms with Crippen molar-refractivity contribution in [1.82, 2.24) is 10.2 Å². The molecule has 18 heavy (non-hydrogen) atoms. The van der Waals surface area contributed by atoms with Crippen molar-refractivity contribution in [3.05, 3.63) is 0 Å². The zero-order chi connectivity index (χ0) is 13.5. The summed E-state index contributed by atoms with van der Waals surface area (Å²) in [5.74, 6) is 0.950. The van der Waals surface area contributed by atoms with Gasteiger partial charge in [-0.15, -0.1) is 0 Å². The number of nitrogens with one attached hydrogen (secondary N) is 1. The molecule has 2 rings (SSSR count). The van der Waals surface area contributed by atoms with E-state index in [1.54, 1.807) is 11.8 Å². The maximum Gasteiger partial charge on any atom is 0.243 e. The van der Waals surface area contributed by atoms with Gasteiger partial charge in [-0.05, 0) is 45.4 Å². The van der Waals surface area contributed by atoms with Gasteiger partial charge in [0, 0.05) is 19.0 Å². The predicted octanol–water partition coefficient (Wildman–Crippen LogP) is 1.55. The van der Waals surface area contributed by atoms with Crippen LogP contribution in [0.3, 0.4) is 0 Å². The number of hydrogen-bond acceptors (Lipinski definition) is 2. The highest BCUT2D eigenvalue weighted by molar-refractivity contribution is 5.88. The fourth-order valence-electron chi connectivity index (χ4n) is 3.41. The molecule has 1 saturated carbocycles. The van der Waals surface area contributed by atoms with Crippen LogP contribution in [0.15, 0.2) is 0 Å². The lowest BCUT2D eigenvalue weighted by atomic mass is 9.93. The van der Waals surface area contributed by atoms with Crippen molar-refractivity contribution in [1.29, 1.82) is 0 Å². The highest BCUT2D eigenvalue weighted by Gasteiger charge is 2.48. The summed E-state index contributed by atoms with van der Waals surface area (Å²) in [6.45, 7) is 8.26. The average Bonchev–Trinajstić information content (AvgIpc) is 2.70. The van der Waals surface area contributed by atoms with E-state index in [0.717, 1.165) is 19.4 Å². The molecule has 4 heteroatoms. The van der Waals surface area contributed by atoms with Crippen LogP contribution >= 0.6 is 0 Å². The van der Waals surface area contributed by atoms with Crippen molar-refractivity contribution in [2.24, 2.45) is 11.8 Å². The lowest BCUT2D eigenvalue weighted by Gasteiger charge is -2.30. The summed E-state index contributed by atoms with van der Waals surface area (Å²) in [7, 11) is 0. The van der Waals surface area contributed by atoms with Crippen LogP contribution in [-0.4, -0.2) is 34.8 Å². The molecule has 0 aromatic rings. The first-order valence-corrected chi connectivity index (χ1v) is 6.89. The van der Waals surface area contributed by atoms with Crippen LogP contribution < -0.4 is 5.32 Å². The Morgan fingerprint density at radius 2 is 1.89 bits per heavy atom. The zero-order valence-corrected chi connectivity index (χ0v) is 11.8. The summed E-state index contributed by atoms with van der Waals surface area (Å²) in [5.41, 5.74) is -0.240.